The van der Waals surface area contributed by atoms with Gasteiger partial charge >= 0.3 is 5.97 Å². The fourth-order valence-corrected chi connectivity index (χ4v) is 8.13. The van der Waals surface area contributed by atoms with Gasteiger partial charge in [-0.1, -0.05) is 24.6 Å². The van der Waals surface area contributed by atoms with Crippen LogP contribution in [0.4, 0.5) is 5.69 Å². The first-order valence-electron chi connectivity index (χ1n) is 13.6. The SMILES string of the molecule is COCC(=O)[C@@]1(OC(C)=O)CCC2C3CCC4=CC(=O)CCC4=C3C(c3ccc(N(C)C)cc3)CC21C. The summed E-state index contributed by atoms with van der Waals surface area (Å²) in [5.74, 6) is 0.301. The molecule has 0 bridgehead atoms. The third kappa shape index (κ3) is 4.08. The molecule has 0 amide bonds. The van der Waals surface area contributed by atoms with Gasteiger partial charge in [-0.25, -0.2) is 0 Å². The predicted molar refractivity (Wildman–Crippen MR) is 142 cm³/mol. The summed E-state index contributed by atoms with van der Waals surface area (Å²) in [6.45, 7) is 3.52. The quantitative estimate of drug-likeness (QED) is 0.497. The number of carbonyl (C=O) groups excluding carboxylic acids is 3. The van der Waals surface area contributed by atoms with Crippen molar-refractivity contribution in [1.29, 1.82) is 0 Å². The standard InChI is InChI=1S/C31H39NO5/c1-19(33)37-31(28(35)18-36-5)15-14-27-25-12-8-21-16-23(34)11-13-24(21)29(25)26(17-30(27,31)2)20-6-9-22(10-7-20)32(3)4/h6-7,9-10,16,25-27H,8,11-15,17-18H2,1-5H3/t25?,26?,27?,30?,31-/m0/s1. The average molecular weight is 506 g/mol. The van der Waals surface area contributed by atoms with Gasteiger partial charge in [0, 0.05) is 51.6 Å². The Morgan fingerprint density at radius 3 is 2.46 bits per heavy atom. The van der Waals surface area contributed by atoms with Crippen molar-refractivity contribution in [3.05, 3.63) is 52.6 Å². The summed E-state index contributed by atoms with van der Waals surface area (Å²) in [4.78, 5) is 40.5. The Morgan fingerprint density at radius 2 is 1.81 bits per heavy atom. The second-order valence-electron chi connectivity index (χ2n) is 11.8. The molecule has 0 heterocycles. The van der Waals surface area contributed by atoms with Gasteiger partial charge < -0.3 is 14.4 Å². The van der Waals surface area contributed by atoms with Crippen molar-refractivity contribution < 1.29 is 23.9 Å². The number of hydrogen-bond acceptors (Lipinski definition) is 6. The van der Waals surface area contributed by atoms with E-state index in [0.29, 0.717) is 18.8 Å². The van der Waals surface area contributed by atoms with E-state index < -0.39 is 17.0 Å². The Kier molecular flexibility index (Phi) is 6.68. The highest BCUT2D eigenvalue weighted by Gasteiger charge is 2.68. The van der Waals surface area contributed by atoms with Gasteiger partial charge in [-0.15, -0.1) is 0 Å². The Morgan fingerprint density at radius 1 is 1.08 bits per heavy atom. The van der Waals surface area contributed by atoms with E-state index in [-0.39, 0.29) is 30.0 Å². The Bertz CT molecular complexity index is 1180. The summed E-state index contributed by atoms with van der Waals surface area (Å²) >= 11 is 0. The van der Waals surface area contributed by atoms with Crippen LogP contribution in [0.5, 0.6) is 0 Å². The van der Waals surface area contributed by atoms with E-state index in [1.54, 1.807) is 0 Å². The van der Waals surface area contributed by atoms with E-state index >= 15 is 0 Å². The molecule has 0 aliphatic heterocycles. The molecule has 0 saturated heterocycles. The maximum absolute atomic E-state index is 13.7. The van der Waals surface area contributed by atoms with Crippen LogP contribution < -0.4 is 4.90 Å². The van der Waals surface area contributed by atoms with Crippen LogP contribution in [0.25, 0.3) is 0 Å². The zero-order valence-corrected chi connectivity index (χ0v) is 22.8. The summed E-state index contributed by atoms with van der Waals surface area (Å²) in [6.07, 6.45) is 7.17. The van der Waals surface area contributed by atoms with E-state index in [4.69, 9.17) is 9.47 Å². The highest BCUT2D eigenvalue weighted by Crippen LogP contribution is 2.67. The summed E-state index contributed by atoms with van der Waals surface area (Å²) in [7, 11) is 5.59. The molecule has 4 unspecified atom stereocenters. The second kappa shape index (κ2) is 9.54. The molecule has 6 nitrogen and oxygen atoms in total. The molecule has 5 rings (SSSR count). The average Bonchev–Trinajstić information content (AvgIpc) is 3.15. The fraction of sp³-hybridized carbons (Fsp3) is 0.581. The smallest absolute Gasteiger partial charge is 0.303 e. The van der Waals surface area contributed by atoms with E-state index in [1.165, 1.54) is 36.3 Å². The van der Waals surface area contributed by atoms with Gasteiger partial charge in [0.15, 0.2) is 11.4 Å². The van der Waals surface area contributed by atoms with Gasteiger partial charge in [-0.2, -0.15) is 0 Å². The van der Waals surface area contributed by atoms with Crippen molar-refractivity contribution >= 4 is 23.2 Å². The van der Waals surface area contributed by atoms with Crippen molar-refractivity contribution in [3.63, 3.8) is 0 Å². The van der Waals surface area contributed by atoms with Crippen molar-refractivity contribution in [3.8, 4) is 0 Å². The normalized spacial score (nSPS) is 32.7. The zero-order chi connectivity index (χ0) is 26.5. The van der Waals surface area contributed by atoms with Gasteiger partial charge in [-0.3, -0.25) is 14.4 Å². The van der Waals surface area contributed by atoms with Crippen molar-refractivity contribution in [2.45, 2.75) is 70.3 Å². The minimum atomic E-state index is -1.18. The molecule has 2 saturated carbocycles. The molecular weight excluding hydrogens is 466 g/mol. The number of anilines is 1. The molecule has 4 aliphatic rings. The third-order valence-corrected chi connectivity index (χ3v) is 9.71. The van der Waals surface area contributed by atoms with Crippen LogP contribution in [0.3, 0.4) is 0 Å². The molecule has 0 N–H and O–H groups in total. The largest absolute Gasteiger partial charge is 0.451 e. The van der Waals surface area contributed by atoms with E-state index in [9.17, 15) is 14.4 Å². The third-order valence-electron chi connectivity index (χ3n) is 9.71. The fourth-order valence-electron chi connectivity index (χ4n) is 8.13. The molecule has 0 spiro atoms. The van der Waals surface area contributed by atoms with E-state index in [1.807, 2.05) is 20.2 Å². The van der Waals surface area contributed by atoms with Crippen LogP contribution in [0.15, 0.2) is 47.1 Å². The van der Waals surface area contributed by atoms with Crippen LogP contribution in [0.2, 0.25) is 0 Å². The minimum Gasteiger partial charge on any atom is -0.451 e. The molecule has 0 radical (unpaired) electrons. The summed E-state index contributed by atoms with van der Waals surface area (Å²) in [5.41, 5.74) is 4.70. The number of hydrogen-bond donors (Lipinski definition) is 0. The number of allylic oxidation sites excluding steroid dienone is 4. The molecule has 1 aromatic rings. The number of ketones is 2. The number of fused-ring (bicyclic) bond motifs is 4. The Hall–Kier alpha value is -2.73. The van der Waals surface area contributed by atoms with Crippen LogP contribution in [0, 0.1) is 17.3 Å². The maximum Gasteiger partial charge on any atom is 0.303 e. The first kappa shape index (κ1) is 25.9. The van der Waals surface area contributed by atoms with Crippen LogP contribution >= 0.6 is 0 Å². The van der Waals surface area contributed by atoms with Gasteiger partial charge in [0.1, 0.15) is 6.61 Å². The number of carbonyl (C=O) groups is 3. The van der Waals surface area contributed by atoms with Crippen molar-refractivity contribution in [2.75, 3.05) is 32.7 Å². The molecule has 6 heteroatoms. The van der Waals surface area contributed by atoms with Crippen molar-refractivity contribution in [1.82, 2.24) is 0 Å². The number of esters is 1. The summed E-state index contributed by atoms with van der Waals surface area (Å²) < 4.78 is 11.4. The zero-order valence-electron chi connectivity index (χ0n) is 22.8. The molecular formula is C31H39NO5. The number of benzene rings is 1. The molecule has 4 aliphatic carbocycles. The predicted octanol–water partition coefficient (Wildman–Crippen LogP) is 5.17. The van der Waals surface area contributed by atoms with Crippen LogP contribution in [0.1, 0.15) is 70.3 Å². The lowest BCUT2D eigenvalue weighted by atomic mass is 9.50. The Labute approximate surface area is 220 Å². The van der Waals surface area contributed by atoms with Gasteiger partial charge in [-0.05, 0) is 85.3 Å². The molecule has 198 valence electrons. The van der Waals surface area contributed by atoms with E-state index in [2.05, 4.69) is 36.1 Å². The number of ether oxygens (including phenoxy) is 2. The van der Waals surface area contributed by atoms with Gasteiger partial charge in [0.05, 0.1) is 0 Å². The molecule has 5 atom stereocenters. The number of rotatable bonds is 6. The molecule has 2 fully saturated rings. The highest BCUT2D eigenvalue weighted by atomic mass is 16.6. The van der Waals surface area contributed by atoms with Crippen LogP contribution in [-0.4, -0.2) is 50.9 Å². The minimum absolute atomic E-state index is 0.0641. The molecule has 0 aromatic heterocycles. The lowest BCUT2D eigenvalue weighted by Gasteiger charge is -2.55. The van der Waals surface area contributed by atoms with Gasteiger partial charge in [0.2, 0.25) is 5.78 Å². The first-order chi connectivity index (χ1) is 17.6. The molecule has 1 aromatic carbocycles. The highest BCUT2D eigenvalue weighted by molar-refractivity contribution is 5.93. The monoisotopic (exact) mass is 505 g/mol. The summed E-state index contributed by atoms with van der Waals surface area (Å²) in [6, 6.07) is 8.72. The first-order valence-corrected chi connectivity index (χ1v) is 13.6. The lowest BCUT2D eigenvalue weighted by molar-refractivity contribution is -0.185. The van der Waals surface area contributed by atoms with Gasteiger partial charge in [0.25, 0.3) is 0 Å². The lowest BCUT2D eigenvalue weighted by Crippen LogP contribution is -2.58. The van der Waals surface area contributed by atoms with E-state index in [0.717, 1.165) is 37.8 Å². The second-order valence-corrected chi connectivity index (χ2v) is 11.8. The topological polar surface area (TPSA) is 72.9 Å². The Balaban J connectivity index is 1.68. The summed E-state index contributed by atoms with van der Waals surface area (Å²) in [5, 5.41) is 0. The van der Waals surface area contributed by atoms with Crippen LogP contribution in [-0.2, 0) is 23.9 Å². The number of Topliss-reactive ketones (excluding diaryl/α,β-unsaturated/α-hetero) is 1. The van der Waals surface area contributed by atoms with Crippen molar-refractivity contribution in [2.24, 2.45) is 17.3 Å². The molecule has 37 heavy (non-hydrogen) atoms. The maximum atomic E-state index is 13.7. The number of nitrogens with zero attached hydrogens (tertiary/aromatic N) is 1. The number of methoxy groups -OCH3 is 1.